The lowest BCUT2D eigenvalue weighted by Crippen LogP contribution is -2.25. The number of carbonyl (C=O) groups excluding carboxylic acids is 1. The second kappa shape index (κ2) is 15.4. The van der Waals surface area contributed by atoms with Gasteiger partial charge in [-0.15, -0.1) is 0 Å². The number of hydrogen-bond acceptors (Lipinski definition) is 1. The van der Waals surface area contributed by atoms with Crippen LogP contribution in [0.3, 0.4) is 0 Å². The van der Waals surface area contributed by atoms with Crippen LogP contribution in [-0.4, -0.2) is 12.5 Å². The van der Waals surface area contributed by atoms with E-state index >= 15 is 0 Å². The Morgan fingerprint density at radius 1 is 0.714 bits per heavy atom. The molecular weight excluding hydrogens is 363 g/mol. The first-order chi connectivity index (χ1) is 13.6. The van der Waals surface area contributed by atoms with Gasteiger partial charge in [0.2, 0.25) is 0 Å². The third-order valence-electron chi connectivity index (χ3n) is 5.10. The molecule has 0 bridgehead atoms. The van der Waals surface area contributed by atoms with Crippen molar-refractivity contribution in [3.05, 3.63) is 35.1 Å². The maximum atomic E-state index is 13.5. The number of benzene rings is 1. The van der Waals surface area contributed by atoms with Crippen LogP contribution in [0.25, 0.3) is 0 Å². The van der Waals surface area contributed by atoms with E-state index in [1.807, 2.05) is 0 Å². The van der Waals surface area contributed by atoms with Gasteiger partial charge >= 0.3 is 0 Å². The van der Waals surface area contributed by atoms with Gasteiger partial charge in [-0.3, -0.25) is 4.79 Å². The van der Waals surface area contributed by atoms with Crippen LogP contribution in [0.1, 0.15) is 107 Å². The molecule has 1 amide bonds. The summed E-state index contributed by atoms with van der Waals surface area (Å²) >= 11 is 0. The van der Waals surface area contributed by atoms with Gasteiger partial charge in [0.1, 0.15) is 0 Å². The molecule has 2 nitrogen and oxygen atoms in total. The van der Waals surface area contributed by atoms with Crippen molar-refractivity contribution in [2.45, 2.75) is 96.8 Å². The third kappa shape index (κ3) is 10.1. The smallest absolute Gasteiger partial charge is 0.254 e. The molecule has 0 aliphatic carbocycles. The van der Waals surface area contributed by atoms with Gasteiger partial charge in [0.05, 0.1) is 5.56 Å². The van der Waals surface area contributed by atoms with Gasteiger partial charge in [0, 0.05) is 6.54 Å². The zero-order chi connectivity index (χ0) is 20.6. The molecule has 1 N–H and O–H groups in total. The van der Waals surface area contributed by atoms with E-state index in [0.717, 1.165) is 31.4 Å². The minimum absolute atomic E-state index is 0.412. The van der Waals surface area contributed by atoms with Crippen LogP contribution >= 0.6 is 0 Å². The number of rotatable bonds is 16. The zero-order valence-corrected chi connectivity index (χ0v) is 17.3. The van der Waals surface area contributed by atoms with Gasteiger partial charge in [-0.05, 0) is 18.6 Å². The Bertz CT molecular complexity index is 563. The predicted octanol–water partition coefficient (Wildman–Crippen LogP) is 7.32. The van der Waals surface area contributed by atoms with Gasteiger partial charge in [0.15, 0.2) is 17.5 Å². The fraction of sp³-hybridized carbons (Fsp3) is 0.696. The molecule has 5 heteroatoms. The number of unbranched alkanes of at least 4 members (excludes halogenated alkanes) is 13. The van der Waals surface area contributed by atoms with E-state index in [1.165, 1.54) is 70.6 Å². The summed E-state index contributed by atoms with van der Waals surface area (Å²) in [4.78, 5) is 11.8. The van der Waals surface area contributed by atoms with Gasteiger partial charge in [0.25, 0.3) is 5.91 Å². The Labute approximate surface area is 168 Å². The van der Waals surface area contributed by atoms with E-state index in [2.05, 4.69) is 12.2 Å². The number of halogens is 3. The highest BCUT2D eigenvalue weighted by Crippen LogP contribution is 2.15. The molecule has 1 aromatic rings. The van der Waals surface area contributed by atoms with Crippen molar-refractivity contribution >= 4 is 5.91 Å². The topological polar surface area (TPSA) is 29.1 Å². The molecule has 1 aromatic carbocycles. The first kappa shape index (κ1) is 24.5. The first-order valence-electron chi connectivity index (χ1n) is 11.0. The highest BCUT2D eigenvalue weighted by Gasteiger charge is 2.18. The number of carbonyl (C=O) groups is 1. The van der Waals surface area contributed by atoms with Crippen LogP contribution in [0, 0.1) is 17.5 Å². The average molecular weight is 400 g/mol. The molecule has 0 unspecified atom stereocenters. The zero-order valence-electron chi connectivity index (χ0n) is 17.3. The monoisotopic (exact) mass is 399 g/mol. The lowest BCUT2D eigenvalue weighted by atomic mass is 10.0. The standard InChI is InChI=1S/C23H36F3NO/c1-2-3-4-5-6-7-8-9-10-11-12-13-14-15-18-27-23(28)19-16-17-20(24)22(26)21(19)25/h16-17H,2-15,18H2,1H3,(H,27,28). The van der Waals surface area contributed by atoms with E-state index in [-0.39, 0.29) is 0 Å². The lowest BCUT2D eigenvalue weighted by molar-refractivity contribution is 0.0947. The Morgan fingerprint density at radius 3 is 1.68 bits per heavy atom. The average Bonchev–Trinajstić information content (AvgIpc) is 2.69. The summed E-state index contributed by atoms with van der Waals surface area (Å²) in [5, 5.41) is 2.56. The summed E-state index contributed by atoms with van der Waals surface area (Å²) < 4.78 is 39.6. The minimum Gasteiger partial charge on any atom is -0.352 e. The Hall–Kier alpha value is -1.52. The van der Waals surface area contributed by atoms with Crippen LogP contribution in [-0.2, 0) is 0 Å². The molecule has 0 aliphatic rings. The molecule has 0 saturated heterocycles. The third-order valence-corrected chi connectivity index (χ3v) is 5.10. The van der Waals surface area contributed by atoms with Crippen molar-refractivity contribution in [1.29, 1.82) is 0 Å². The predicted molar refractivity (Wildman–Crippen MR) is 109 cm³/mol. The fourth-order valence-corrected chi connectivity index (χ4v) is 3.32. The van der Waals surface area contributed by atoms with Crippen LogP contribution < -0.4 is 5.32 Å². The molecule has 160 valence electrons. The molecule has 0 fully saturated rings. The van der Waals surface area contributed by atoms with E-state index < -0.39 is 28.9 Å². The molecule has 0 heterocycles. The molecule has 0 spiro atoms. The Balaban J connectivity index is 1.94. The summed E-state index contributed by atoms with van der Waals surface area (Å²) in [7, 11) is 0. The van der Waals surface area contributed by atoms with Crippen molar-refractivity contribution in [3.8, 4) is 0 Å². The normalized spacial score (nSPS) is 11.0. The molecule has 1 rings (SSSR count). The van der Waals surface area contributed by atoms with E-state index in [0.29, 0.717) is 6.54 Å². The van der Waals surface area contributed by atoms with E-state index in [9.17, 15) is 18.0 Å². The largest absolute Gasteiger partial charge is 0.352 e. The maximum absolute atomic E-state index is 13.5. The molecule has 0 aliphatic heterocycles. The number of nitrogens with one attached hydrogen (secondary N) is 1. The maximum Gasteiger partial charge on any atom is 0.254 e. The summed E-state index contributed by atoms with van der Waals surface area (Å²) in [6, 6.07) is 1.73. The van der Waals surface area contributed by atoms with Crippen LogP contribution in [0.2, 0.25) is 0 Å². The summed E-state index contributed by atoms with van der Waals surface area (Å²) in [5.41, 5.74) is -0.454. The Morgan fingerprint density at radius 2 is 1.18 bits per heavy atom. The summed E-state index contributed by atoms with van der Waals surface area (Å²) in [5.74, 6) is -5.03. The molecule has 0 aromatic heterocycles. The summed E-state index contributed by atoms with van der Waals surface area (Å²) in [6.45, 7) is 2.66. The van der Waals surface area contributed by atoms with Gasteiger partial charge in [-0.25, -0.2) is 13.2 Å². The second-order valence-electron chi connectivity index (χ2n) is 7.58. The number of amides is 1. The first-order valence-corrected chi connectivity index (χ1v) is 11.0. The minimum atomic E-state index is -1.61. The summed E-state index contributed by atoms with van der Waals surface area (Å²) in [6.07, 6.45) is 17.5. The van der Waals surface area contributed by atoms with Crippen molar-refractivity contribution in [2.75, 3.05) is 6.54 Å². The van der Waals surface area contributed by atoms with Crippen LogP contribution in [0.4, 0.5) is 13.2 Å². The van der Waals surface area contributed by atoms with Crippen molar-refractivity contribution in [2.24, 2.45) is 0 Å². The molecular formula is C23H36F3NO. The van der Waals surface area contributed by atoms with Crippen molar-refractivity contribution in [3.63, 3.8) is 0 Å². The SMILES string of the molecule is CCCCCCCCCCCCCCCCNC(=O)c1ccc(F)c(F)c1F. The quantitative estimate of drug-likeness (QED) is 0.229. The van der Waals surface area contributed by atoms with Crippen LogP contribution in [0.15, 0.2) is 12.1 Å². The lowest BCUT2D eigenvalue weighted by Gasteiger charge is -2.07. The fourth-order valence-electron chi connectivity index (χ4n) is 3.32. The van der Waals surface area contributed by atoms with E-state index in [1.54, 1.807) is 0 Å². The highest BCUT2D eigenvalue weighted by molar-refractivity contribution is 5.94. The van der Waals surface area contributed by atoms with Gasteiger partial charge < -0.3 is 5.32 Å². The van der Waals surface area contributed by atoms with Gasteiger partial charge in [-0.1, -0.05) is 90.4 Å². The molecule has 0 radical (unpaired) electrons. The van der Waals surface area contributed by atoms with Crippen molar-refractivity contribution < 1.29 is 18.0 Å². The van der Waals surface area contributed by atoms with Crippen LogP contribution in [0.5, 0.6) is 0 Å². The highest BCUT2D eigenvalue weighted by atomic mass is 19.2. The van der Waals surface area contributed by atoms with Gasteiger partial charge in [-0.2, -0.15) is 0 Å². The van der Waals surface area contributed by atoms with E-state index in [4.69, 9.17) is 0 Å². The van der Waals surface area contributed by atoms with Crippen molar-refractivity contribution in [1.82, 2.24) is 5.32 Å². The second-order valence-corrected chi connectivity index (χ2v) is 7.58. The molecule has 0 saturated carbocycles. The molecule has 0 atom stereocenters. The molecule has 28 heavy (non-hydrogen) atoms. The Kier molecular flexibility index (Phi) is 13.5. The number of hydrogen-bond donors (Lipinski definition) is 1.